The van der Waals surface area contributed by atoms with Crippen molar-refractivity contribution in [3.63, 3.8) is 0 Å². The summed E-state index contributed by atoms with van der Waals surface area (Å²) in [6.07, 6.45) is 3.44. The molecule has 1 aromatic heterocycles. The van der Waals surface area contributed by atoms with E-state index in [1.165, 1.54) is 23.4 Å². The van der Waals surface area contributed by atoms with Gasteiger partial charge in [0, 0.05) is 76.6 Å². The van der Waals surface area contributed by atoms with Crippen LogP contribution in [-0.4, -0.2) is 72.3 Å². The van der Waals surface area contributed by atoms with Crippen molar-refractivity contribution < 1.29 is 9.90 Å². The van der Waals surface area contributed by atoms with Crippen LogP contribution in [0.1, 0.15) is 42.9 Å². The number of likely N-dealkylation sites (tertiary alicyclic amines) is 2. The van der Waals surface area contributed by atoms with Crippen LogP contribution in [0.5, 0.6) is 0 Å². The molecule has 3 aliphatic rings. The Hall–Kier alpha value is -2.64. The number of aromatic nitrogens is 1. The van der Waals surface area contributed by atoms with Crippen LogP contribution < -0.4 is 10.5 Å². The second-order valence-electron chi connectivity index (χ2n) is 11.4. The molecule has 1 aromatic carbocycles. The third-order valence-corrected chi connectivity index (χ3v) is 8.64. The summed E-state index contributed by atoms with van der Waals surface area (Å²) in [4.78, 5) is 31.1. The molecule has 0 spiro atoms. The Labute approximate surface area is 214 Å². The molecule has 36 heavy (non-hydrogen) atoms. The summed E-state index contributed by atoms with van der Waals surface area (Å²) in [6.45, 7) is 6.72. The molecule has 4 heterocycles. The Kier molecular flexibility index (Phi) is 7.49. The molecule has 0 radical (unpaired) electrons. The fraction of sp³-hybridized carbons (Fsp3) is 0.586. The highest BCUT2D eigenvalue weighted by atomic mass is 16.4. The van der Waals surface area contributed by atoms with Crippen LogP contribution in [0.4, 0.5) is 5.69 Å². The first kappa shape index (κ1) is 25.0. The molecule has 4 unspecified atom stereocenters. The van der Waals surface area contributed by atoms with Gasteiger partial charge in [0.1, 0.15) is 0 Å². The van der Waals surface area contributed by atoms with Gasteiger partial charge < -0.3 is 19.5 Å². The zero-order valence-corrected chi connectivity index (χ0v) is 21.7. The maximum absolute atomic E-state index is 12.3. The highest BCUT2D eigenvalue weighted by molar-refractivity contribution is 5.67. The number of carboxylic acids is 1. The smallest absolute Gasteiger partial charge is 0.303 e. The fourth-order valence-electron chi connectivity index (χ4n) is 6.80. The van der Waals surface area contributed by atoms with Crippen LogP contribution >= 0.6 is 0 Å². The number of rotatable bonds is 8. The molecule has 4 atom stereocenters. The Morgan fingerprint density at radius 3 is 2.56 bits per heavy atom. The molecule has 3 aliphatic heterocycles. The lowest BCUT2D eigenvalue weighted by atomic mass is 9.80. The second kappa shape index (κ2) is 10.8. The van der Waals surface area contributed by atoms with Crippen LogP contribution in [0.2, 0.25) is 0 Å². The van der Waals surface area contributed by atoms with E-state index >= 15 is 0 Å². The van der Waals surface area contributed by atoms with Crippen molar-refractivity contribution in [2.75, 3.05) is 51.7 Å². The topological polar surface area (TPSA) is 69.0 Å². The van der Waals surface area contributed by atoms with Gasteiger partial charge >= 0.3 is 5.97 Å². The van der Waals surface area contributed by atoms with Gasteiger partial charge in [-0.2, -0.15) is 0 Å². The van der Waals surface area contributed by atoms with Crippen LogP contribution in [0.25, 0.3) is 0 Å². The number of nitrogens with zero attached hydrogens (tertiary/aromatic N) is 4. The Morgan fingerprint density at radius 2 is 1.81 bits per heavy atom. The average Bonchev–Trinajstić information content (AvgIpc) is 2.85. The molecule has 0 amide bonds. The maximum atomic E-state index is 12.3. The standard InChI is InChI=1S/C29H40N4O3/c1-30(2)26-8-6-21(7-9-26)16-31-12-10-23(15-29(35)36)24(19-31)11-13-32-17-22-14-25(20-32)27-4-3-5-28(34)33(27)18-22/h3-9,22-25H,10-20H2,1-2H3,(H,35,36). The predicted octanol–water partition coefficient (Wildman–Crippen LogP) is 3.34. The van der Waals surface area contributed by atoms with Gasteiger partial charge in [0.2, 0.25) is 0 Å². The number of carboxylic acid groups (broad SMARTS) is 1. The summed E-state index contributed by atoms with van der Waals surface area (Å²) in [5.41, 5.74) is 3.84. The summed E-state index contributed by atoms with van der Waals surface area (Å²) in [5, 5.41) is 9.54. The van der Waals surface area contributed by atoms with Crippen molar-refractivity contribution in [2.45, 2.75) is 44.7 Å². The minimum atomic E-state index is -0.674. The molecule has 2 bridgehead atoms. The Morgan fingerprint density at radius 1 is 1.00 bits per heavy atom. The normalized spacial score (nSPS) is 26.4. The minimum Gasteiger partial charge on any atom is -0.481 e. The van der Waals surface area contributed by atoms with Crippen molar-refractivity contribution >= 4 is 11.7 Å². The first-order valence-electron chi connectivity index (χ1n) is 13.5. The minimum absolute atomic E-state index is 0.130. The summed E-state index contributed by atoms with van der Waals surface area (Å²) in [7, 11) is 4.11. The van der Waals surface area contributed by atoms with E-state index in [2.05, 4.69) is 59.1 Å². The first-order chi connectivity index (χ1) is 17.4. The quantitative estimate of drug-likeness (QED) is 0.610. The SMILES string of the molecule is CN(C)c1ccc(CN2CCC(CC(=O)O)C(CCN3CC4CC(C3)c3cccc(=O)n3C4)C2)cc1. The largest absolute Gasteiger partial charge is 0.481 e. The number of piperidine rings is 2. The van der Waals surface area contributed by atoms with Crippen molar-refractivity contribution in [3.8, 4) is 0 Å². The van der Waals surface area contributed by atoms with Crippen LogP contribution in [0.3, 0.4) is 0 Å². The second-order valence-corrected chi connectivity index (χ2v) is 11.4. The molecular formula is C29H40N4O3. The zero-order valence-electron chi connectivity index (χ0n) is 21.7. The molecule has 0 saturated carbocycles. The van der Waals surface area contributed by atoms with Crippen molar-refractivity contribution in [2.24, 2.45) is 17.8 Å². The third-order valence-electron chi connectivity index (χ3n) is 8.64. The van der Waals surface area contributed by atoms with E-state index in [-0.39, 0.29) is 17.9 Å². The van der Waals surface area contributed by atoms with E-state index < -0.39 is 5.97 Å². The van der Waals surface area contributed by atoms with Gasteiger partial charge in [0.25, 0.3) is 5.56 Å². The number of benzene rings is 1. The van der Waals surface area contributed by atoms with Crippen molar-refractivity contribution in [1.82, 2.24) is 14.4 Å². The van der Waals surface area contributed by atoms with Crippen LogP contribution in [0.15, 0.2) is 47.3 Å². The van der Waals surface area contributed by atoms with E-state index in [9.17, 15) is 14.7 Å². The molecule has 1 N–H and O–H groups in total. The van der Waals surface area contributed by atoms with E-state index in [0.717, 1.165) is 58.7 Å². The van der Waals surface area contributed by atoms with Crippen molar-refractivity contribution in [1.29, 1.82) is 0 Å². The molecular weight excluding hydrogens is 452 g/mol. The zero-order chi connectivity index (χ0) is 25.2. The number of hydrogen-bond acceptors (Lipinski definition) is 5. The molecule has 7 heteroatoms. The molecule has 194 valence electrons. The lowest BCUT2D eigenvalue weighted by Gasteiger charge is -2.44. The molecule has 5 rings (SSSR count). The Balaban J connectivity index is 1.21. The van der Waals surface area contributed by atoms with Gasteiger partial charge in [-0.3, -0.25) is 14.5 Å². The molecule has 2 aromatic rings. The molecule has 2 fully saturated rings. The van der Waals surface area contributed by atoms with Crippen LogP contribution in [0, 0.1) is 17.8 Å². The first-order valence-corrected chi connectivity index (χ1v) is 13.5. The summed E-state index contributed by atoms with van der Waals surface area (Å²) >= 11 is 0. The fourth-order valence-corrected chi connectivity index (χ4v) is 6.80. The highest BCUT2D eigenvalue weighted by Crippen LogP contribution is 2.36. The third kappa shape index (κ3) is 5.68. The highest BCUT2D eigenvalue weighted by Gasteiger charge is 2.36. The van der Waals surface area contributed by atoms with E-state index in [1.54, 1.807) is 6.07 Å². The summed E-state index contributed by atoms with van der Waals surface area (Å²) in [6, 6.07) is 14.5. The molecule has 7 nitrogen and oxygen atoms in total. The number of aliphatic carboxylic acids is 1. The van der Waals surface area contributed by atoms with Gasteiger partial charge in [-0.1, -0.05) is 18.2 Å². The lowest BCUT2D eigenvalue weighted by Crippen LogP contribution is -2.48. The summed E-state index contributed by atoms with van der Waals surface area (Å²) < 4.78 is 1.99. The van der Waals surface area contributed by atoms with E-state index in [4.69, 9.17) is 0 Å². The van der Waals surface area contributed by atoms with Gasteiger partial charge in [-0.15, -0.1) is 0 Å². The number of fused-ring (bicyclic) bond motifs is 4. The van der Waals surface area contributed by atoms with Crippen molar-refractivity contribution in [3.05, 3.63) is 64.1 Å². The number of pyridine rings is 1. The van der Waals surface area contributed by atoms with Gasteiger partial charge in [0.15, 0.2) is 0 Å². The number of carbonyl (C=O) groups is 1. The molecule has 2 saturated heterocycles. The number of hydrogen-bond donors (Lipinski definition) is 1. The molecule has 0 aliphatic carbocycles. The maximum Gasteiger partial charge on any atom is 0.303 e. The number of anilines is 1. The predicted molar refractivity (Wildman–Crippen MR) is 143 cm³/mol. The monoisotopic (exact) mass is 492 g/mol. The van der Waals surface area contributed by atoms with Crippen LogP contribution in [-0.2, 0) is 17.9 Å². The van der Waals surface area contributed by atoms with E-state index in [1.807, 2.05) is 10.6 Å². The Bertz CT molecular complexity index is 1110. The van der Waals surface area contributed by atoms with Gasteiger partial charge in [0.05, 0.1) is 0 Å². The van der Waals surface area contributed by atoms with Gasteiger partial charge in [-0.05, 0) is 73.9 Å². The summed E-state index contributed by atoms with van der Waals surface area (Å²) in [5.74, 6) is 0.923. The lowest BCUT2D eigenvalue weighted by molar-refractivity contribution is -0.139. The van der Waals surface area contributed by atoms with E-state index in [0.29, 0.717) is 17.8 Å². The average molecular weight is 493 g/mol. The van der Waals surface area contributed by atoms with Gasteiger partial charge in [-0.25, -0.2) is 0 Å².